The second-order valence-electron chi connectivity index (χ2n) is 4.68. The van der Waals surface area contributed by atoms with Gasteiger partial charge in [-0.25, -0.2) is 4.39 Å². The highest BCUT2D eigenvalue weighted by Gasteiger charge is 2.08. The van der Waals surface area contributed by atoms with Crippen molar-refractivity contribution in [2.75, 3.05) is 0 Å². The molecule has 6 heteroatoms. The average molecular weight is 299 g/mol. The van der Waals surface area contributed by atoms with Crippen LogP contribution < -0.4 is 10.1 Å². The summed E-state index contributed by atoms with van der Waals surface area (Å²) in [5, 5.41) is 7.39. The first-order chi connectivity index (χ1) is 9.54. The Hall–Kier alpha value is -1.59. The number of nitrogens with one attached hydrogen (secondary N) is 1. The standard InChI is InChI=1S/C14H16ClFN2O2/c1-9(2)17-7-11-6-12(20-18-11)8-19-14-4-3-10(16)5-13(14)15/h3-6,9,17H,7-8H2,1-2H3. The van der Waals surface area contributed by atoms with Gasteiger partial charge in [0, 0.05) is 18.7 Å². The zero-order valence-corrected chi connectivity index (χ0v) is 12.1. The molecule has 0 saturated carbocycles. The van der Waals surface area contributed by atoms with E-state index in [1.165, 1.54) is 18.2 Å². The van der Waals surface area contributed by atoms with Gasteiger partial charge in [0.25, 0.3) is 0 Å². The minimum atomic E-state index is -0.399. The molecule has 4 nitrogen and oxygen atoms in total. The molecule has 1 heterocycles. The maximum Gasteiger partial charge on any atom is 0.174 e. The first-order valence-electron chi connectivity index (χ1n) is 6.30. The number of halogens is 2. The van der Waals surface area contributed by atoms with Gasteiger partial charge in [-0.1, -0.05) is 30.6 Å². The molecular formula is C14H16ClFN2O2. The molecule has 2 rings (SSSR count). The largest absolute Gasteiger partial charge is 0.484 e. The second kappa shape index (κ2) is 6.72. The van der Waals surface area contributed by atoms with Gasteiger partial charge in [0.05, 0.1) is 10.7 Å². The van der Waals surface area contributed by atoms with Gasteiger partial charge >= 0.3 is 0 Å². The Balaban J connectivity index is 1.90. The van der Waals surface area contributed by atoms with Gasteiger partial charge < -0.3 is 14.6 Å². The van der Waals surface area contributed by atoms with Gasteiger partial charge in [-0.15, -0.1) is 0 Å². The Morgan fingerprint density at radius 2 is 2.20 bits per heavy atom. The number of nitrogens with zero attached hydrogens (tertiary/aromatic N) is 1. The zero-order chi connectivity index (χ0) is 14.5. The highest BCUT2D eigenvalue weighted by molar-refractivity contribution is 6.32. The van der Waals surface area contributed by atoms with Gasteiger partial charge in [-0.05, 0) is 18.2 Å². The third kappa shape index (κ3) is 4.21. The number of rotatable bonds is 6. The van der Waals surface area contributed by atoms with E-state index in [0.717, 1.165) is 5.69 Å². The fraction of sp³-hybridized carbons (Fsp3) is 0.357. The van der Waals surface area contributed by atoms with Gasteiger partial charge in [-0.3, -0.25) is 0 Å². The second-order valence-corrected chi connectivity index (χ2v) is 5.09. The number of benzene rings is 1. The molecule has 108 valence electrons. The summed E-state index contributed by atoms with van der Waals surface area (Å²) in [4.78, 5) is 0. The Kier molecular flexibility index (Phi) is 4.98. The van der Waals surface area contributed by atoms with Crippen LogP contribution in [0.5, 0.6) is 5.75 Å². The highest BCUT2D eigenvalue weighted by Crippen LogP contribution is 2.25. The SMILES string of the molecule is CC(C)NCc1cc(COc2ccc(F)cc2Cl)on1. The fourth-order valence-corrected chi connectivity index (χ4v) is 1.78. The van der Waals surface area contributed by atoms with Crippen LogP contribution in [-0.4, -0.2) is 11.2 Å². The fourth-order valence-electron chi connectivity index (χ4n) is 1.56. The predicted octanol–water partition coefficient (Wildman–Crippen LogP) is 3.54. The van der Waals surface area contributed by atoms with Gasteiger partial charge in [0.1, 0.15) is 18.2 Å². The summed E-state index contributed by atoms with van der Waals surface area (Å²) in [7, 11) is 0. The smallest absolute Gasteiger partial charge is 0.174 e. The number of ether oxygens (including phenoxy) is 1. The van der Waals surface area contributed by atoms with Gasteiger partial charge in [0.2, 0.25) is 0 Å². The monoisotopic (exact) mass is 298 g/mol. The van der Waals surface area contributed by atoms with Crippen molar-refractivity contribution >= 4 is 11.6 Å². The number of hydrogen-bond donors (Lipinski definition) is 1. The quantitative estimate of drug-likeness (QED) is 0.886. The van der Waals surface area contributed by atoms with E-state index in [1.807, 2.05) is 6.07 Å². The summed E-state index contributed by atoms with van der Waals surface area (Å²) < 4.78 is 23.5. The van der Waals surface area contributed by atoms with Crippen LogP contribution in [0.25, 0.3) is 0 Å². The Morgan fingerprint density at radius 3 is 2.90 bits per heavy atom. The first-order valence-corrected chi connectivity index (χ1v) is 6.68. The van der Waals surface area contributed by atoms with Crippen molar-refractivity contribution in [3.63, 3.8) is 0 Å². The molecule has 0 radical (unpaired) electrons. The molecule has 1 N–H and O–H groups in total. The third-order valence-corrected chi connectivity index (χ3v) is 2.86. The lowest BCUT2D eigenvalue weighted by molar-refractivity contribution is 0.248. The van der Waals surface area contributed by atoms with Crippen molar-refractivity contribution in [3.8, 4) is 5.75 Å². The van der Waals surface area contributed by atoms with Crippen molar-refractivity contribution in [3.05, 3.63) is 46.6 Å². The maximum absolute atomic E-state index is 12.9. The summed E-state index contributed by atoms with van der Waals surface area (Å²) in [6, 6.07) is 6.17. The zero-order valence-electron chi connectivity index (χ0n) is 11.3. The van der Waals surface area contributed by atoms with E-state index in [0.29, 0.717) is 24.1 Å². The molecule has 0 fully saturated rings. The summed E-state index contributed by atoms with van der Waals surface area (Å²) in [6.45, 7) is 4.94. The average Bonchev–Trinajstić information content (AvgIpc) is 2.83. The molecule has 0 amide bonds. The van der Waals surface area contributed by atoms with E-state index >= 15 is 0 Å². The highest BCUT2D eigenvalue weighted by atomic mass is 35.5. The van der Waals surface area contributed by atoms with E-state index in [1.54, 1.807) is 0 Å². The molecule has 0 atom stereocenters. The van der Waals surface area contributed by atoms with E-state index in [9.17, 15) is 4.39 Å². The van der Waals surface area contributed by atoms with Crippen LogP contribution in [0.1, 0.15) is 25.3 Å². The normalized spacial score (nSPS) is 11.1. The first kappa shape index (κ1) is 14.8. The maximum atomic E-state index is 12.9. The van der Waals surface area contributed by atoms with Crippen molar-refractivity contribution in [1.29, 1.82) is 0 Å². The molecule has 0 unspecified atom stereocenters. The molecule has 20 heavy (non-hydrogen) atoms. The summed E-state index contributed by atoms with van der Waals surface area (Å²) in [6.07, 6.45) is 0. The van der Waals surface area contributed by atoms with E-state index in [2.05, 4.69) is 24.3 Å². The van der Waals surface area contributed by atoms with Crippen molar-refractivity contribution in [2.24, 2.45) is 0 Å². The van der Waals surface area contributed by atoms with E-state index in [-0.39, 0.29) is 11.6 Å². The van der Waals surface area contributed by atoms with E-state index in [4.69, 9.17) is 20.9 Å². The molecule has 0 aliphatic carbocycles. The number of aromatic nitrogens is 1. The molecule has 0 spiro atoms. The summed E-state index contributed by atoms with van der Waals surface area (Å²) >= 11 is 5.86. The van der Waals surface area contributed by atoms with Crippen LogP contribution in [-0.2, 0) is 13.2 Å². The third-order valence-electron chi connectivity index (χ3n) is 2.56. The molecule has 0 saturated heterocycles. The molecule has 0 aliphatic heterocycles. The molecule has 2 aromatic rings. The molecule has 0 bridgehead atoms. The lowest BCUT2D eigenvalue weighted by Gasteiger charge is -2.05. The van der Waals surface area contributed by atoms with Gasteiger partial charge in [0.15, 0.2) is 5.76 Å². The molecule has 1 aromatic carbocycles. The van der Waals surface area contributed by atoms with Crippen LogP contribution in [0.15, 0.2) is 28.8 Å². The molecular weight excluding hydrogens is 283 g/mol. The van der Waals surface area contributed by atoms with Crippen LogP contribution in [0, 0.1) is 5.82 Å². The van der Waals surface area contributed by atoms with Gasteiger partial charge in [-0.2, -0.15) is 0 Å². The van der Waals surface area contributed by atoms with Crippen molar-refractivity contribution < 1.29 is 13.7 Å². The minimum absolute atomic E-state index is 0.194. The Morgan fingerprint density at radius 1 is 1.40 bits per heavy atom. The van der Waals surface area contributed by atoms with Crippen molar-refractivity contribution in [2.45, 2.75) is 33.0 Å². The van der Waals surface area contributed by atoms with Crippen LogP contribution >= 0.6 is 11.6 Å². The van der Waals surface area contributed by atoms with E-state index < -0.39 is 5.82 Å². The predicted molar refractivity (Wildman–Crippen MR) is 74.2 cm³/mol. The minimum Gasteiger partial charge on any atom is -0.484 e. The van der Waals surface area contributed by atoms with Crippen LogP contribution in [0.2, 0.25) is 5.02 Å². The van der Waals surface area contributed by atoms with Crippen molar-refractivity contribution in [1.82, 2.24) is 10.5 Å². The number of hydrogen-bond acceptors (Lipinski definition) is 4. The lowest BCUT2D eigenvalue weighted by atomic mass is 10.3. The molecule has 1 aromatic heterocycles. The Bertz CT molecular complexity index is 572. The van der Waals surface area contributed by atoms with Crippen LogP contribution in [0.4, 0.5) is 4.39 Å². The molecule has 0 aliphatic rings. The lowest BCUT2D eigenvalue weighted by Crippen LogP contribution is -2.21. The Labute approximate surface area is 121 Å². The topological polar surface area (TPSA) is 47.3 Å². The summed E-state index contributed by atoms with van der Waals surface area (Å²) in [5.74, 6) is 0.598. The van der Waals surface area contributed by atoms with Crippen LogP contribution in [0.3, 0.4) is 0 Å². The summed E-state index contributed by atoms with van der Waals surface area (Å²) in [5.41, 5.74) is 0.808.